The molecule has 3 fully saturated rings. The Kier molecular flexibility index (Phi) is 28.4. The first-order chi connectivity index (χ1) is 42.9. The number of carbonyl (C=O) groups excluding carboxylic acids is 6. The van der Waals surface area contributed by atoms with E-state index in [1.54, 1.807) is 39.8 Å². The van der Waals surface area contributed by atoms with Gasteiger partial charge in [0.25, 0.3) is 11.8 Å². The number of nitrogens with two attached hydrogens (primary N) is 1. The number of unbranched alkanes of at least 4 members (excludes halogenated alkanes) is 2. The van der Waals surface area contributed by atoms with Gasteiger partial charge in [0, 0.05) is 99.6 Å². The fourth-order valence-corrected chi connectivity index (χ4v) is 14.0. The van der Waals surface area contributed by atoms with Crippen molar-refractivity contribution in [3.63, 3.8) is 0 Å². The van der Waals surface area contributed by atoms with Gasteiger partial charge in [0.1, 0.15) is 36.5 Å². The zero-order valence-electron chi connectivity index (χ0n) is 57.7. The Hall–Kier alpha value is -4.96. The molecule has 24 nitrogen and oxygen atoms in total. The lowest BCUT2D eigenvalue weighted by Gasteiger charge is -2.50. The number of benzene rings is 1. The molecule has 20 atom stereocenters. The van der Waals surface area contributed by atoms with Crippen LogP contribution in [0.15, 0.2) is 48.8 Å². The highest BCUT2D eigenvalue weighted by Crippen LogP contribution is 2.42. The average Bonchev–Trinajstić information content (AvgIpc) is 0.849. The van der Waals surface area contributed by atoms with E-state index in [0.717, 1.165) is 10.5 Å². The number of nitrogens with one attached hydrogen (secondary N) is 3. The normalized spacial score (nSPS) is 34.6. The molecule has 4 aliphatic rings. The summed E-state index contributed by atoms with van der Waals surface area (Å²) in [6.07, 6.45) is -3.96. The van der Waals surface area contributed by atoms with Crippen molar-refractivity contribution in [1.29, 1.82) is 0 Å². The summed E-state index contributed by atoms with van der Waals surface area (Å²) in [5.41, 5.74) is 2.26. The van der Waals surface area contributed by atoms with Crippen LogP contribution in [0.2, 0.25) is 0 Å². The number of urea groups is 1. The molecule has 10 N–H and O–H groups in total. The van der Waals surface area contributed by atoms with Crippen molar-refractivity contribution in [2.45, 2.75) is 257 Å². The van der Waals surface area contributed by atoms with Gasteiger partial charge in [0.2, 0.25) is 11.8 Å². The molecule has 0 bridgehead atoms. The molecule has 522 valence electrons. The number of hydrogen-bond acceptors (Lipinski definition) is 18. The van der Waals surface area contributed by atoms with Crippen molar-refractivity contribution in [3.8, 4) is 0 Å². The molecule has 4 heterocycles. The summed E-state index contributed by atoms with van der Waals surface area (Å²) in [6.45, 7) is 27.5. The van der Waals surface area contributed by atoms with E-state index >= 15 is 0 Å². The summed E-state index contributed by atoms with van der Waals surface area (Å²) in [7, 11) is 7.41. The van der Waals surface area contributed by atoms with Crippen molar-refractivity contribution in [2.24, 2.45) is 35.3 Å². The van der Waals surface area contributed by atoms with Gasteiger partial charge in [0.05, 0.1) is 61.5 Å². The molecule has 1 aromatic carbocycles. The smallest absolute Gasteiger partial charge is 0.312 e. The summed E-state index contributed by atoms with van der Waals surface area (Å²) in [5.74, 6) is -4.28. The fourth-order valence-electron chi connectivity index (χ4n) is 14.0. The maximum atomic E-state index is 14.1. The third kappa shape index (κ3) is 20.5. The lowest BCUT2D eigenvalue weighted by atomic mass is 9.77. The number of carbonyl (C=O) groups is 6. The number of ketones is 1. The van der Waals surface area contributed by atoms with Crippen LogP contribution < -0.4 is 21.7 Å². The Balaban J connectivity index is 1.36. The first-order valence-electron chi connectivity index (χ1n) is 33.2. The van der Waals surface area contributed by atoms with E-state index in [-0.39, 0.29) is 90.8 Å². The van der Waals surface area contributed by atoms with Crippen LogP contribution in [0.4, 0.5) is 10.5 Å². The van der Waals surface area contributed by atoms with Gasteiger partial charge in [-0.05, 0) is 111 Å². The number of ether oxygens (including phenoxy) is 6. The van der Waals surface area contributed by atoms with Gasteiger partial charge < -0.3 is 85.0 Å². The average molecular weight is 1300 g/mol. The Bertz CT molecular complexity index is 2640. The maximum absolute atomic E-state index is 14.1. The van der Waals surface area contributed by atoms with E-state index < -0.39 is 126 Å². The molecular weight excluding hydrogens is 1190 g/mol. The molecule has 1 aromatic rings. The monoisotopic (exact) mass is 1300 g/mol. The van der Waals surface area contributed by atoms with Crippen molar-refractivity contribution < 1.29 is 87.2 Å². The molecule has 0 spiro atoms. The topological polar surface area (TPSA) is 328 Å². The second-order valence-corrected chi connectivity index (χ2v) is 28.5. The van der Waals surface area contributed by atoms with Crippen LogP contribution in [0, 0.1) is 29.6 Å². The second kappa shape index (κ2) is 33.6. The Morgan fingerprint density at radius 3 is 2.13 bits per heavy atom. The minimum Gasteiger partial charge on any atom is -0.492 e. The van der Waals surface area contributed by atoms with E-state index in [4.69, 9.17) is 34.2 Å². The number of hydrogen-bond donors (Lipinski definition) is 9. The quantitative estimate of drug-likeness (QED) is 0.0327. The molecular formula is C68H114N7O17+. The van der Waals surface area contributed by atoms with Crippen LogP contribution in [-0.2, 0) is 58.9 Å². The minimum atomic E-state index is -1.72. The van der Waals surface area contributed by atoms with Gasteiger partial charge >= 0.3 is 6.03 Å². The molecule has 4 aliphatic heterocycles. The lowest BCUT2D eigenvalue weighted by molar-refractivity contribution is -0.934. The van der Waals surface area contributed by atoms with E-state index in [1.165, 1.54) is 19.3 Å². The number of quaternary nitrogens is 1. The first kappa shape index (κ1) is 77.7. The predicted octanol–water partition coefficient (Wildman–Crippen LogP) is 5.19. The largest absolute Gasteiger partial charge is 0.492 e. The number of rotatable bonds is 26. The summed E-state index contributed by atoms with van der Waals surface area (Å²) in [6, 6.07) is 4.71. The number of imide groups is 1. The number of Topliss-reactive ketones (excluding diaryl/α,β-unsaturated/α-hetero) is 1. The Morgan fingerprint density at radius 2 is 1.53 bits per heavy atom. The summed E-state index contributed by atoms with van der Waals surface area (Å²) < 4.78 is 39.7. The maximum Gasteiger partial charge on any atom is 0.312 e. The van der Waals surface area contributed by atoms with Crippen molar-refractivity contribution in [3.05, 3.63) is 54.3 Å². The number of aliphatic hydroxyl groups excluding tert-OH is 3. The van der Waals surface area contributed by atoms with Gasteiger partial charge in [-0.3, -0.25) is 28.9 Å². The number of primary amides is 1. The molecule has 92 heavy (non-hydrogen) atoms. The van der Waals surface area contributed by atoms with Crippen LogP contribution in [0.3, 0.4) is 0 Å². The SMILES string of the molecule is C=C1OC(CC)C(C)(O)C(O)C(C)N(C)CC(C)CC(C)(O)C(OC2OC(C)CC([N+](C)(C)Cc3ccc(NC(=O)C(CCCNC(N)=O)CC(=O)C(NC(=O)CCCCCN4C(=O)C=CC4=O)C(C)C)cc3)C2O)C(C)C(OC2CC(C)(OC)C(O)C(C)O2)C1C. The molecule has 0 aliphatic carbocycles. The summed E-state index contributed by atoms with van der Waals surface area (Å²) in [4.78, 5) is 79.7. The number of nitrogens with zero attached hydrogens (tertiary/aromatic N) is 3. The molecule has 0 aromatic heterocycles. The van der Waals surface area contributed by atoms with Crippen LogP contribution >= 0.6 is 0 Å². The summed E-state index contributed by atoms with van der Waals surface area (Å²) in [5, 5.41) is 69.2. The summed E-state index contributed by atoms with van der Waals surface area (Å²) >= 11 is 0. The second-order valence-electron chi connectivity index (χ2n) is 28.5. The molecule has 5 rings (SSSR count). The van der Waals surface area contributed by atoms with Crippen molar-refractivity contribution in [2.75, 3.05) is 53.2 Å². The molecule has 3 saturated heterocycles. The third-order valence-electron chi connectivity index (χ3n) is 19.8. The van der Waals surface area contributed by atoms with E-state index in [1.807, 2.05) is 93.6 Å². The zero-order chi connectivity index (χ0) is 69.0. The lowest BCUT2D eigenvalue weighted by Crippen LogP contribution is -2.64. The number of anilines is 1. The van der Waals surface area contributed by atoms with Crippen LogP contribution in [0.5, 0.6) is 0 Å². The third-order valence-corrected chi connectivity index (χ3v) is 19.8. The molecule has 0 radical (unpaired) electrons. The van der Waals surface area contributed by atoms with E-state index in [9.17, 15) is 54.3 Å². The van der Waals surface area contributed by atoms with Crippen molar-refractivity contribution in [1.82, 2.24) is 20.4 Å². The highest BCUT2D eigenvalue weighted by molar-refractivity contribution is 6.12. The van der Waals surface area contributed by atoms with Gasteiger partial charge in [-0.15, -0.1) is 0 Å². The first-order valence-corrected chi connectivity index (χ1v) is 33.2. The molecule has 0 saturated carbocycles. The Labute approximate surface area is 546 Å². The fraction of sp³-hybridized carbons (Fsp3) is 0.765. The number of amides is 6. The molecule has 24 heteroatoms. The minimum absolute atomic E-state index is 0.129. The predicted molar refractivity (Wildman–Crippen MR) is 347 cm³/mol. The highest BCUT2D eigenvalue weighted by atomic mass is 16.7. The Morgan fingerprint density at radius 1 is 0.891 bits per heavy atom. The zero-order valence-corrected chi connectivity index (χ0v) is 57.7. The standard InChI is InChI=1S/C68H113N7O17/c1-18-52-68(13,86)60(81)44(8)73(14)37-40(4)35-66(11,85)62(43(7)59(42(6)45(9)89-52)91-56-36-67(12,87-17)61(82)46(10)90-56)92-64-58(80)50(33-41(5)88-64)75(15,16)38-47-25-27-49(28-26-47)71-63(83)48(23-22-31-70-65(69)84)34-51(76)57(39(2)3)72-53(77)24-20-19-21-32-74-54(78)29-30-55(74)79/h25-30,39-44,46,48,50,52,56-62,64,80-82,85-86H,9,18-24,31-38H2,1-8,10-17H3,(H4-,69,70,71,72,77,83,84)/p+1. The van der Waals surface area contributed by atoms with Crippen LogP contribution in [-0.4, -0.2) is 219 Å². The van der Waals surface area contributed by atoms with Crippen molar-refractivity contribution >= 4 is 41.1 Å². The van der Waals surface area contributed by atoms with Gasteiger partial charge in [-0.2, -0.15) is 0 Å². The van der Waals surface area contributed by atoms with Gasteiger partial charge in [0.15, 0.2) is 24.5 Å². The van der Waals surface area contributed by atoms with Crippen LogP contribution in [0.1, 0.15) is 159 Å². The molecule has 6 amide bonds. The van der Waals surface area contributed by atoms with E-state index in [0.29, 0.717) is 57.3 Å². The van der Waals surface area contributed by atoms with Gasteiger partial charge in [-0.1, -0.05) is 66.7 Å². The number of likely N-dealkylation sites (N-methyl/N-ethyl adjacent to an activating group) is 2. The van der Waals surface area contributed by atoms with Crippen LogP contribution in [0.25, 0.3) is 0 Å². The highest BCUT2D eigenvalue weighted by Gasteiger charge is 2.53. The molecule has 20 unspecified atom stereocenters. The van der Waals surface area contributed by atoms with E-state index in [2.05, 4.69) is 22.5 Å². The van der Waals surface area contributed by atoms with Gasteiger partial charge in [-0.25, -0.2) is 4.79 Å². The number of aliphatic hydroxyl groups is 5. The number of methoxy groups -OCH3 is 1.